The number of rotatable bonds is 7. The summed E-state index contributed by atoms with van der Waals surface area (Å²) in [6.45, 7) is -0.202. The third-order valence-electron chi connectivity index (χ3n) is 4.16. The van der Waals surface area contributed by atoms with Crippen LogP contribution < -0.4 is 21.0 Å². The lowest BCUT2D eigenvalue weighted by atomic mass is 10.1. The van der Waals surface area contributed by atoms with E-state index in [1.165, 1.54) is 6.07 Å². The highest BCUT2D eigenvalue weighted by molar-refractivity contribution is 5.92. The number of aryl methyl sites for hydroxylation is 1. The second kappa shape index (κ2) is 8.85. The maximum atomic E-state index is 12.3. The van der Waals surface area contributed by atoms with E-state index >= 15 is 0 Å². The van der Waals surface area contributed by atoms with Crippen LogP contribution in [0, 0.1) is 0 Å². The molecule has 7 nitrogen and oxygen atoms in total. The van der Waals surface area contributed by atoms with Crippen molar-refractivity contribution in [3.8, 4) is 5.75 Å². The zero-order valence-corrected chi connectivity index (χ0v) is 15.4. The van der Waals surface area contributed by atoms with Gasteiger partial charge in [-0.2, -0.15) is 0 Å². The van der Waals surface area contributed by atoms with Gasteiger partial charge in [0.1, 0.15) is 11.3 Å². The molecule has 1 aromatic heterocycles. The Morgan fingerprint density at radius 1 is 1.04 bits per heavy atom. The van der Waals surface area contributed by atoms with Crippen molar-refractivity contribution in [2.24, 2.45) is 0 Å². The summed E-state index contributed by atoms with van der Waals surface area (Å²) < 4.78 is 10.6. The maximum Gasteiger partial charge on any atom is 0.336 e. The highest BCUT2D eigenvalue weighted by Crippen LogP contribution is 2.20. The van der Waals surface area contributed by atoms with Crippen LogP contribution in [0.25, 0.3) is 11.0 Å². The molecule has 0 aliphatic heterocycles. The number of hydrogen-bond donors (Lipinski definition) is 2. The molecule has 7 heteroatoms. The van der Waals surface area contributed by atoms with Crippen molar-refractivity contribution >= 4 is 28.5 Å². The van der Waals surface area contributed by atoms with Crippen LogP contribution in [0.2, 0.25) is 0 Å². The number of amides is 2. The standard InChI is InChI=1S/C21H20N2O5/c1-22-19(24)10-7-14-4-2-3-5-17(14)23-20(25)13-27-16-9-6-15-8-11-21(26)28-18(15)12-16/h2-6,8-9,11-12H,7,10,13H2,1H3,(H,22,24)(H,23,25). The quantitative estimate of drug-likeness (QED) is 0.614. The second-order valence-corrected chi connectivity index (χ2v) is 6.12. The summed E-state index contributed by atoms with van der Waals surface area (Å²) in [6, 6.07) is 15.3. The minimum Gasteiger partial charge on any atom is -0.484 e. The molecular weight excluding hydrogens is 360 g/mol. The van der Waals surface area contributed by atoms with E-state index in [1.807, 2.05) is 18.2 Å². The number of anilines is 1. The van der Waals surface area contributed by atoms with Crippen molar-refractivity contribution < 1.29 is 18.7 Å². The molecule has 0 aliphatic carbocycles. The molecule has 0 saturated heterocycles. The van der Waals surface area contributed by atoms with Crippen LogP contribution in [0.15, 0.2) is 63.8 Å². The molecule has 0 spiro atoms. The molecule has 3 rings (SSSR count). The number of fused-ring (bicyclic) bond motifs is 1. The van der Waals surface area contributed by atoms with Crippen molar-refractivity contribution in [2.75, 3.05) is 19.0 Å². The Morgan fingerprint density at radius 2 is 1.82 bits per heavy atom. The van der Waals surface area contributed by atoms with Crippen LogP contribution in [0.5, 0.6) is 5.75 Å². The molecule has 0 fully saturated rings. The number of carbonyl (C=O) groups excluding carboxylic acids is 2. The van der Waals surface area contributed by atoms with Crippen LogP contribution in [0.3, 0.4) is 0 Å². The molecule has 0 unspecified atom stereocenters. The largest absolute Gasteiger partial charge is 0.484 e. The fraction of sp³-hybridized carbons (Fsp3) is 0.190. The number of hydrogen-bond acceptors (Lipinski definition) is 5. The summed E-state index contributed by atoms with van der Waals surface area (Å²) in [5, 5.41) is 6.14. The second-order valence-electron chi connectivity index (χ2n) is 6.12. The summed E-state index contributed by atoms with van der Waals surface area (Å²) in [6.07, 6.45) is 0.850. The van der Waals surface area contributed by atoms with Gasteiger partial charge in [-0.25, -0.2) is 4.79 Å². The summed E-state index contributed by atoms with van der Waals surface area (Å²) in [5.74, 6) is 0.0272. The van der Waals surface area contributed by atoms with Crippen molar-refractivity contribution in [3.05, 3.63) is 70.6 Å². The van der Waals surface area contributed by atoms with Crippen molar-refractivity contribution in [2.45, 2.75) is 12.8 Å². The zero-order valence-electron chi connectivity index (χ0n) is 15.4. The molecule has 0 atom stereocenters. The number of ether oxygens (including phenoxy) is 1. The van der Waals surface area contributed by atoms with Gasteiger partial charge in [0.15, 0.2) is 6.61 Å². The third kappa shape index (κ3) is 4.97. The fourth-order valence-corrected chi connectivity index (χ4v) is 2.70. The van der Waals surface area contributed by atoms with Crippen LogP contribution in [-0.2, 0) is 16.0 Å². The van der Waals surface area contributed by atoms with Crippen molar-refractivity contribution in [3.63, 3.8) is 0 Å². The van der Waals surface area contributed by atoms with E-state index in [2.05, 4.69) is 10.6 Å². The summed E-state index contributed by atoms with van der Waals surface area (Å²) in [5.41, 5.74) is 1.46. The maximum absolute atomic E-state index is 12.3. The smallest absolute Gasteiger partial charge is 0.336 e. The van der Waals surface area contributed by atoms with E-state index in [4.69, 9.17) is 9.15 Å². The monoisotopic (exact) mass is 380 g/mol. The van der Waals surface area contributed by atoms with Crippen LogP contribution >= 0.6 is 0 Å². The van der Waals surface area contributed by atoms with E-state index in [-0.39, 0.29) is 18.4 Å². The highest BCUT2D eigenvalue weighted by Gasteiger charge is 2.09. The molecule has 28 heavy (non-hydrogen) atoms. The van der Waals surface area contributed by atoms with Gasteiger partial charge in [-0.1, -0.05) is 18.2 Å². The van der Waals surface area contributed by atoms with Crippen molar-refractivity contribution in [1.82, 2.24) is 5.32 Å². The zero-order chi connectivity index (χ0) is 19.9. The summed E-state index contributed by atoms with van der Waals surface area (Å²) in [7, 11) is 1.59. The van der Waals surface area contributed by atoms with Gasteiger partial charge in [-0.05, 0) is 36.2 Å². The lowest BCUT2D eigenvalue weighted by Crippen LogP contribution is -2.21. The van der Waals surface area contributed by atoms with E-state index in [1.54, 1.807) is 37.4 Å². The van der Waals surface area contributed by atoms with Crippen LogP contribution in [0.4, 0.5) is 5.69 Å². The van der Waals surface area contributed by atoms with Gasteiger partial charge in [-0.3, -0.25) is 9.59 Å². The third-order valence-corrected chi connectivity index (χ3v) is 4.16. The van der Waals surface area contributed by atoms with E-state index in [9.17, 15) is 14.4 Å². The first-order valence-corrected chi connectivity index (χ1v) is 8.80. The van der Waals surface area contributed by atoms with Gasteiger partial charge < -0.3 is 19.8 Å². The van der Waals surface area contributed by atoms with E-state index in [0.717, 1.165) is 10.9 Å². The predicted molar refractivity (Wildman–Crippen MR) is 105 cm³/mol. The Bertz CT molecular complexity index is 1060. The first kappa shape index (κ1) is 19.2. The Morgan fingerprint density at radius 3 is 2.64 bits per heavy atom. The molecule has 0 bridgehead atoms. The molecule has 2 N–H and O–H groups in total. The normalized spacial score (nSPS) is 10.5. The molecular formula is C21H20N2O5. The highest BCUT2D eigenvalue weighted by atomic mass is 16.5. The average molecular weight is 380 g/mol. The van der Waals surface area contributed by atoms with Gasteiger partial charge in [-0.15, -0.1) is 0 Å². The number of nitrogens with one attached hydrogen (secondary N) is 2. The minimum atomic E-state index is -0.448. The Kier molecular flexibility index (Phi) is 6.06. The Hall–Kier alpha value is -3.61. The average Bonchev–Trinajstić information content (AvgIpc) is 2.71. The first-order chi connectivity index (χ1) is 13.5. The molecule has 0 aliphatic rings. The lowest BCUT2D eigenvalue weighted by molar-refractivity contribution is -0.120. The van der Waals surface area contributed by atoms with Gasteiger partial charge in [0.05, 0.1) is 0 Å². The molecule has 2 aromatic carbocycles. The van der Waals surface area contributed by atoms with E-state index in [0.29, 0.717) is 29.9 Å². The summed E-state index contributed by atoms with van der Waals surface area (Å²) in [4.78, 5) is 35.0. The fourth-order valence-electron chi connectivity index (χ4n) is 2.70. The number of para-hydroxylation sites is 1. The lowest BCUT2D eigenvalue weighted by Gasteiger charge is -2.12. The van der Waals surface area contributed by atoms with Gasteiger partial charge in [0.25, 0.3) is 5.91 Å². The number of benzene rings is 2. The molecule has 2 amide bonds. The summed E-state index contributed by atoms with van der Waals surface area (Å²) >= 11 is 0. The molecule has 0 saturated carbocycles. The van der Waals surface area contributed by atoms with Gasteiger partial charge in [0.2, 0.25) is 5.91 Å². The molecule has 144 valence electrons. The Balaban J connectivity index is 1.62. The van der Waals surface area contributed by atoms with Crippen LogP contribution in [-0.4, -0.2) is 25.5 Å². The minimum absolute atomic E-state index is 0.0626. The van der Waals surface area contributed by atoms with Crippen molar-refractivity contribution in [1.29, 1.82) is 0 Å². The Labute approximate surface area is 161 Å². The number of carbonyl (C=O) groups is 2. The topological polar surface area (TPSA) is 97.6 Å². The molecule has 3 aromatic rings. The first-order valence-electron chi connectivity index (χ1n) is 8.80. The predicted octanol–water partition coefficient (Wildman–Crippen LogP) is 2.49. The van der Waals surface area contributed by atoms with E-state index < -0.39 is 5.63 Å². The van der Waals surface area contributed by atoms with Crippen LogP contribution in [0.1, 0.15) is 12.0 Å². The molecule has 0 radical (unpaired) electrons. The SMILES string of the molecule is CNC(=O)CCc1ccccc1NC(=O)COc1ccc2ccc(=O)oc2c1. The van der Waals surface area contributed by atoms with Gasteiger partial charge >= 0.3 is 5.63 Å². The van der Waals surface area contributed by atoms with Gasteiger partial charge in [0, 0.05) is 36.7 Å². The molecule has 1 heterocycles.